The Balaban J connectivity index is 2.05. The third kappa shape index (κ3) is 3.02. The number of benzene rings is 3. The minimum Gasteiger partial charge on any atom is -0.545 e. The molecule has 0 bridgehead atoms. The predicted octanol–water partition coefficient (Wildman–Crippen LogP) is 2.00. The zero-order chi connectivity index (χ0) is 16.4. The molecule has 3 rings (SSSR count). The number of fused-ring (bicyclic) bond motifs is 1. The summed E-state index contributed by atoms with van der Waals surface area (Å²) in [6.07, 6.45) is 0. The van der Waals surface area contributed by atoms with Gasteiger partial charge in [0, 0.05) is 11.1 Å². The number of aromatic carboxylic acids is 1. The van der Waals surface area contributed by atoms with E-state index in [0.717, 1.165) is 5.39 Å². The van der Waals surface area contributed by atoms with E-state index in [4.69, 9.17) is 0 Å². The molecule has 3 aromatic rings. The molecule has 6 heteroatoms. The van der Waals surface area contributed by atoms with Gasteiger partial charge in [0.05, 0.1) is 10.9 Å². The van der Waals surface area contributed by atoms with E-state index in [1.165, 1.54) is 30.3 Å². The molecule has 0 aromatic heterocycles. The smallest absolute Gasteiger partial charge is 0.262 e. The van der Waals surface area contributed by atoms with Crippen molar-refractivity contribution >= 4 is 32.5 Å². The van der Waals surface area contributed by atoms with E-state index in [1.54, 1.807) is 18.2 Å². The van der Waals surface area contributed by atoms with Crippen molar-refractivity contribution in [2.75, 3.05) is 4.72 Å². The molecular formula is C17H12NO4S-. The molecule has 0 aliphatic heterocycles. The summed E-state index contributed by atoms with van der Waals surface area (Å²) in [6, 6.07) is 17.6. The number of nitrogens with one attached hydrogen (secondary N) is 1. The van der Waals surface area contributed by atoms with Crippen LogP contribution < -0.4 is 9.83 Å². The van der Waals surface area contributed by atoms with Crippen LogP contribution in [0.1, 0.15) is 10.4 Å². The van der Waals surface area contributed by atoms with Gasteiger partial charge < -0.3 is 9.90 Å². The van der Waals surface area contributed by atoms with Gasteiger partial charge in [-0.1, -0.05) is 48.5 Å². The topological polar surface area (TPSA) is 86.3 Å². The van der Waals surface area contributed by atoms with Crippen molar-refractivity contribution in [2.45, 2.75) is 4.90 Å². The Morgan fingerprint density at radius 1 is 0.913 bits per heavy atom. The second-order valence-electron chi connectivity index (χ2n) is 4.95. The van der Waals surface area contributed by atoms with Crippen molar-refractivity contribution in [1.82, 2.24) is 0 Å². The van der Waals surface area contributed by atoms with Crippen LogP contribution in [0, 0.1) is 0 Å². The Kier molecular flexibility index (Phi) is 3.75. The van der Waals surface area contributed by atoms with Crippen molar-refractivity contribution in [1.29, 1.82) is 0 Å². The number of hydrogen-bond acceptors (Lipinski definition) is 4. The van der Waals surface area contributed by atoms with Crippen LogP contribution in [0.2, 0.25) is 0 Å². The first-order valence-electron chi connectivity index (χ1n) is 6.79. The van der Waals surface area contributed by atoms with Crippen LogP contribution >= 0.6 is 0 Å². The number of carboxylic acid groups (broad SMARTS) is 1. The van der Waals surface area contributed by atoms with E-state index in [0.29, 0.717) is 5.39 Å². The van der Waals surface area contributed by atoms with E-state index < -0.39 is 16.0 Å². The lowest BCUT2D eigenvalue weighted by Gasteiger charge is -2.12. The van der Waals surface area contributed by atoms with Crippen LogP contribution in [0.25, 0.3) is 10.8 Å². The third-order valence-electron chi connectivity index (χ3n) is 3.39. The lowest BCUT2D eigenvalue weighted by Crippen LogP contribution is -2.22. The number of sulfonamides is 1. The Morgan fingerprint density at radius 3 is 2.39 bits per heavy atom. The van der Waals surface area contributed by atoms with Crippen molar-refractivity contribution < 1.29 is 18.3 Å². The van der Waals surface area contributed by atoms with Gasteiger partial charge in [-0.05, 0) is 29.1 Å². The lowest BCUT2D eigenvalue weighted by molar-refractivity contribution is -0.255. The van der Waals surface area contributed by atoms with Gasteiger partial charge in [0.2, 0.25) is 0 Å². The van der Waals surface area contributed by atoms with E-state index in [2.05, 4.69) is 4.72 Å². The van der Waals surface area contributed by atoms with Crippen molar-refractivity contribution in [3.63, 3.8) is 0 Å². The van der Waals surface area contributed by atoms with E-state index in [1.807, 2.05) is 18.2 Å². The summed E-state index contributed by atoms with van der Waals surface area (Å²) >= 11 is 0. The Labute approximate surface area is 133 Å². The van der Waals surface area contributed by atoms with Gasteiger partial charge in [-0.2, -0.15) is 0 Å². The zero-order valence-electron chi connectivity index (χ0n) is 11.9. The van der Waals surface area contributed by atoms with Crippen LogP contribution in [-0.4, -0.2) is 14.4 Å². The minimum atomic E-state index is -3.85. The Bertz CT molecular complexity index is 991. The molecule has 0 aliphatic rings. The summed E-state index contributed by atoms with van der Waals surface area (Å²) in [4.78, 5) is 11.0. The molecule has 0 radical (unpaired) electrons. The number of carboxylic acids is 1. The maximum Gasteiger partial charge on any atom is 0.262 e. The molecule has 3 aromatic carbocycles. The molecule has 0 heterocycles. The highest BCUT2D eigenvalue weighted by atomic mass is 32.2. The standard InChI is InChI=1S/C17H13NO4S/c19-17(20)13-7-3-8-14(11-13)18-23(21,22)16-10-4-6-12-5-1-2-9-15(12)16/h1-11,18H,(H,19,20)/p-1. The Morgan fingerprint density at radius 2 is 1.61 bits per heavy atom. The third-order valence-corrected chi connectivity index (χ3v) is 4.83. The van der Waals surface area contributed by atoms with Gasteiger partial charge in [0.25, 0.3) is 10.0 Å². The van der Waals surface area contributed by atoms with Crippen LogP contribution in [0.15, 0.2) is 71.6 Å². The monoisotopic (exact) mass is 326 g/mol. The van der Waals surface area contributed by atoms with Crippen molar-refractivity contribution in [3.8, 4) is 0 Å². The van der Waals surface area contributed by atoms with Crippen LogP contribution in [0.4, 0.5) is 5.69 Å². The van der Waals surface area contributed by atoms with E-state index in [9.17, 15) is 18.3 Å². The number of carbonyl (C=O) groups is 1. The molecule has 0 saturated heterocycles. The first-order valence-corrected chi connectivity index (χ1v) is 8.28. The summed E-state index contributed by atoms with van der Waals surface area (Å²) in [5.74, 6) is -1.36. The average molecular weight is 326 g/mol. The number of carbonyl (C=O) groups excluding carboxylic acids is 1. The summed E-state index contributed by atoms with van der Waals surface area (Å²) in [6.45, 7) is 0. The second kappa shape index (κ2) is 5.73. The zero-order valence-corrected chi connectivity index (χ0v) is 12.7. The summed E-state index contributed by atoms with van der Waals surface area (Å²) in [5, 5.41) is 12.3. The Hall–Kier alpha value is -2.86. The molecule has 0 amide bonds. The van der Waals surface area contributed by atoms with Gasteiger partial charge in [0.15, 0.2) is 0 Å². The highest BCUT2D eigenvalue weighted by Gasteiger charge is 2.17. The highest BCUT2D eigenvalue weighted by molar-refractivity contribution is 7.93. The normalized spacial score (nSPS) is 11.3. The fourth-order valence-electron chi connectivity index (χ4n) is 2.35. The molecule has 116 valence electrons. The van der Waals surface area contributed by atoms with Crippen LogP contribution in [0.3, 0.4) is 0 Å². The molecule has 0 unspecified atom stereocenters. The summed E-state index contributed by atoms with van der Waals surface area (Å²) in [5.41, 5.74) is 0.0720. The fraction of sp³-hybridized carbons (Fsp3) is 0. The molecule has 0 spiro atoms. The van der Waals surface area contributed by atoms with E-state index in [-0.39, 0.29) is 16.1 Å². The number of hydrogen-bond donors (Lipinski definition) is 1. The molecular weight excluding hydrogens is 314 g/mol. The number of anilines is 1. The number of rotatable bonds is 4. The first-order chi connectivity index (χ1) is 11.0. The van der Waals surface area contributed by atoms with Gasteiger partial charge in [-0.3, -0.25) is 4.72 Å². The SMILES string of the molecule is O=C([O-])c1cccc(NS(=O)(=O)c2cccc3ccccc23)c1. The molecule has 1 N–H and O–H groups in total. The maximum absolute atomic E-state index is 12.6. The van der Waals surface area contributed by atoms with Gasteiger partial charge >= 0.3 is 0 Å². The molecule has 5 nitrogen and oxygen atoms in total. The highest BCUT2D eigenvalue weighted by Crippen LogP contribution is 2.25. The minimum absolute atomic E-state index is 0.0943. The largest absolute Gasteiger partial charge is 0.545 e. The van der Waals surface area contributed by atoms with Crippen molar-refractivity contribution in [2.24, 2.45) is 0 Å². The summed E-state index contributed by atoms with van der Waals surface area (Å²) in [7, 11) is -3.85. The van der Waals surface area contributed by atoms with Gasteiger partial charge in [-0.25, -0.2) is 8.42 Å². The molecule has 0 atom stereocenters. The molecule has 0 aliphatic carbocycles. The average Bonchev–Trinajstić information content (AvgIpc) is 2.54. The predicted molar refractivity (Wildman–Crippen MR) is 85.5 cm³/mol. The maximum atomic E-state index is 12.6. The second-order valence-corrected chi connectivity index (χ2v) is 6.60. The van der Waals surface area contributed by atoms with Gasteiger partial charge in [0.1, 0.15) is 0 Å². The molecule has 23 heavy (non-hydrogen) atoms. The van der Waals surface area contributed by atoms with E-state index >= 15 is 0 Å². The van der Waals surface area contributed by atoms with Crippen LogP contribution in [-0.2, 0) is 10.0 Å². The van der Waals surface area contributed by atoms with Gasteiger partial charge in [-0.15, -0.1) is 0 Å². The van der Waals surface area contributed by atoms with Crippen LogP contribution in [0.5, 0.6) is 0 Å². The quantitative estimate of drug-likeness (QED) is 0.794. The first kappa shape index (κ1) is 15.1. The molecule has 0 fully saturated rings. The van der Waals surface area contributed by atoms with Crippen molar-refractivity contribution in [3.05, 3.63) is 72.3 Å². The lowest BCUT2D eigenvalue weighted by atomic mass is 10.1. The molecule has 0 saturated carbocycles. The summed E-state index contributed by atoms with van der Waals surface area (Å²) < 4.78 is 27.6. The fourth-order valence-corrected chi connectivity index (χ4v) is 3.63.